The zero-order valence-corrected chi connectivity index (χ0v) is 32.7. The summed E-state index contributed by atoms with van der Waals surface area (Å²) in [5.74, 6) is -0.145. The van der Waals surface area contributed by atoms with Crippen LogP contribution in [0.4, 0.5) is 0 Å². The Bertz CT molecular complexity index is 748. The van der Waals surface area contributed by atoms with Crippen molar-refractivity contribution < 1.29 is 32.9 Å². The number of likely N-dealkylation sites (N-methyl/N-ethyl adjacent to an activating group) is 1. The second-order valence-corrected chi connectivity index (χ2v) is 16.5. The fourth-order valence-electron chi connectivity index (χ4n) is 5.87. The van der Waals surface area contributed by atoms with Crippen molar-refractivity contribution in [1.29, 1.82) is 0 Å². The number of amides is 1. The van der Waals surface area contributed by atoms with E-state index in [4.69, 9.17) is 9.05 Å². The van der Waals surface area contributed by atoms with Gasteiger partial charge in [-0.3, -0.25) is 13.8 Å². The summed E-state index contributed by atoms with van der Waals surface area (Å²) in [6.07, 6.45) is 31.1. The van der Waals surface area contributed by atoms with Crippen molar-refractivity contribution in [2.45, 2.75) is 199 Å². The minimum absolute atomic E-state index is 0.0781. The highest BCUT2D eigenvalue weighted by Crippen LogP contribution is 2.43. The molecule has 0 aromatic rings. The van der Waals surface area contributed by atoms with Crippen LogP contribution in [0.25, 0.3) is 0 Å². The number of phosphoric acid groups is 1. The largest absolute Gasteiger partial charge is 0.472 e. The van der Waals surface area contributed by atoms with Gasteiger partial charge in [-0.2, -0.15) is 0 Å². The molecule has 282 valence electrons. The molecule has 0 aromatic heterocycles. The summed E-state index contributed by atoms with van der Waals surface area (Å²) in [5.41, 5.74) is 0. The van der Waals surface area contributed by atoms with E-state index in [0.29, 0.717) is 23.9 Å². The number of rotatable bonds is 36. The Kier molecular flexibility index (Phi) is 31.1. The predicted octanol–water partition coefficient (Wildman–Crippen LogP) is 10.2. The third-order valence-electron chi connectivity index (χ3n) is 9.11. The molecule has 1 amide bonds. The summed E-state index contributed by atoms with van der Waals surface area (Å²) >= 11 is 0. The molecule has 8 nitrogen and oxygen atoms in total. The fraction of sp³-hybridized carbons (Fsp3) is 0.974. The molecular weight excluding hydrogens is 611 g/mol. The maximum atomic E-state index is 12.8. The van der Waals surface area contributed by atoms with Crippen molar-refractivity contribution in [3.63, 3.8) is 0 Å². The Balaban J connectivity index is 4.43. The number of carbonyl (C=O) groups excluding carboxylic acids is 1. The summed E-state index contributed by atoms with van der Waals surface area (Å²) < 4.78 is 23.5. The summed E-state index contributed by atoms with van der Waals surface area (Å²) in [7, 11) is 1.62. The first kappa shape index (κ1) is 46.5. The van der Waals surface area contributed by atoms with Crippen LogP contribution in [0.3, 0.4) is 0 Å². The average molecular weight is 692 g/mol. The van der Waals surface area contributed by atoms with Gasteiger partial charge in [0.05, 0.1) is 39.9 Å². The summed E-state index contributed by atoms with van der Waals surface area (Å²) in [6, 6.07) is -0.750. The molecule has 0 saturated carbocycles. The Morgan fingerprint density at radius 2 is 1.02 bits per heavy atom. The van der Waals surface area contributed by atoms with E-state index in [9.17, 15) is 19.4 Å². The molecule has 0 spiro atoms. The smallest absolute Gasteiger partial charge is 0.391 e. The van der Waals surface area contributed by atoms with Gasteiger partial charge in [-0.1, -0.05) is 168 Å². The van der Waals surface area contributed by atoms with Gasteiger partial charge >= 0.3 is 7.82 Å². The maximum Gasteiger partial charge on any atom is 0.472 e. The van der Waals surface area contributed by atoms with Crippen LogP contribution >= 0.6 is 7.82 Å². The molecule has 0 bridgehead atoms. The second-order valence-electron chi connectivity index (χ2n) is 15.0. The molecule has 0 fully saturated rings. The van der Waals surface area contributed by atoms with E-state index in [0.717, 1.165) is 38.5 Å². The molecule has 0 rings (SSSR count). The lowest BCUT2D eigenvalue weighted by molar-refractivity contribution is -0.870. The first-order chi connectivity index (χ1) is 22.5. The van der Waals surface area contributed by atoms with Crippen molar-refractivity contribution in [2.24, 2.45) is 0 Å². The zero-order chi connectivity index (χ0) is 35.1. The van der Waals surface area contributed by atoms with Crippen LogP contribution in [0.1, 0.15) is 187 Å². The number of hydrogen-bond acceptors (Lipinski definition) is 5. The third kappa shape index (κ3) is 33.8. The van der Waals surface area contributed by atoms with Crippen molar-refractivity contribution in [3.05, 3.63) is 0 Å². The van der Waals surface area contributed by atoms with Crippen molar-refractivity contribution in [1.82, 2.24) is 5.32 Å². The highest BCUT2D eigenvalue weighted by Gasteiger charge is 2.28. The van der Waals surface area contributed by atoms with Gasteiger partial charge < -0.3 is 19.8 Å². The van der Waals surface area contributed by atoms with Crippen LogP contribution in [0.15, 0.2) is 0 Å². The van der Waals surface area contributed by atoms with Gasteiger partial charge in [0.1, 0.15) is 13.2 Å². The number of quaternary nitrogens is 1. The normalized spacial score (nSPS) is 14.6. The fourth-order valence-corrected chi connectivity index (χ4v) is 6.60. The molecule has 0 radical (unpaired) electrons. The van der Waals surface area contributed by atoms with Crippen LogP contribution in [0.2, 0.25) is 0 Å². The van der Waals surface area contributed by atoms with Crippen LogP contribution < -0.4 is 5.32 Å². The molecule has 0 aliphatic rings. The van der Waals surface area contributed by atoms with Crippen LogP contribution in [0.5, 0.6) is 0 Å². The molecule has 0 aromatic carbocycles. The lowest BCUT2D eigenvalue weighted by Crippen LogP contribution is -2.46. The summed E-state index contributed by atoms with van der Waals surface area (Å²) in [4.78, 5) is 23.0. The summed E-state index contributed by atoms with van der Waals surface area (Å²) in [6.45, 7) is 4.88. The number of carbonyl (C=O) groups is 1. The monoisotopic (exact) mass is 692 g/mol. The highest BCUT2D eigenvalue weighted by atomic mass is 31.2. The minimum Gasteiger partial charge on any atom is -0.391 e. The van der Waals surface area contributed by atoms with Gasteiger partial charge in [0, 0.05) is 6.42 Å². The van der Waals surface area contributed by atoms with E-state index < -0.39 is 20.0 Å². The Morgan fingerprint density at radius 1 is 0.638 bits per heavy atom. The average Bonchev–Trinajstić information content (AvgIpc) is 3.01. The summed E-state index contributed by atoms with van der Waals surface area (Å²) in [5, 5.41) is 13.9. The third-order valence-corrected chi connectivity index (χ3v) is 10.1. The number of hydrogen-bond donors (Lipinski definition) is 3. The molecular formula is C38H80N2O6P+. The van der Waals surface area contributed by atoms with Gasteiger partial charge in [0.15, 0.2) is 0 Å². The molecule has 1 unspecified atom stereocenters. The van der Waals surface area contributed by atoms with Crippen LogP contribution in [0, 0.1) is 0 Å². The number of unbranched alkanes of at least 4 members (excludes halogenated alkanes) is 23. The van der Waals surface area contributed by atoms with Gasteiger partial charge in [0.25, 0.3) is 0 Å². The van der Waals surface area contributed by atoms with E-state index in [-0.39, 0.29) is 19.1 Å². The first-order valence-corrected chi connectivity index (χ1v) is 21.4. The molecule has 0 saturated heterocycles. The number of nitrogens with one attached hydrogen (secondary N) is 1. The Labute approximate surface area is 291 Å². The second kappa shape index (κ2) is 31.5. The standard InChI is InChI=1S/C38H79N2O6P/c1-6-8-10-12-14-16-18-20-21-23-25-27-29-31-37(41)36(35-46-47(43,44)45-34-33-40(3,4)5)39-38(42)32-30-28-26-24-22-19-17-15-13-11-9-7-2/h36-37,41H,6-35H2,1-5H3,(H-,39,42,43,44)/p+1/t36-,37+/m0/s1. The molecule has 0 aliphatic heterocycles. The van der Waals surface area contributed by atoms with E-state index in [1.54, 1.807) is 0 Å². The highest BCUT2D eigenvalue weighted by molar-refractivity contribution is 7.47. The molecule has 3 atom stereocenters. The van der Waals surface area contributed by atoms with Gasteiger partial charge in [-0.15, -0.1) is 0 Å². The van der Waals surface area contributed by atoms with Gasteiger partial charge in [-0.05, 0) is 12.8 Å². The lowest BCUT2D eigenvalue weighted by Gasteiger charge is -2.26. The molecule has 0 heterocycles. The quantitative estimate of drug-likeness (QED) is 0.0343. The first-order valence-electron chi connectivity index (χ1n) is 19.9. The Hall–Kier alpha value is -0.500. The topological polar surface area (TPSA) is 105 Å². The molecule has 3 N–H and O–H groups in total. The lowest BCUT2D eigenvalue weighted by atomic mass is 10.0. The number of nitrogens with zero attached hydrogens (tertiary/aromatic N) is 1. The van der Waals surface area contributed by atoms with Crippen LogP contribution in [-0.4, -0.2) is 73.4 Å². The van der Waals surface area contributed by atoms with Gasteiger partial charge in [-0.25, -0.2) is 4.57 Å². The van der Waals surface area contributed by atoms with E-state index in [1.807, 2.05) is 21.1 Å². The van der Waals surface area contributed by atoms with Crippen LogP contribution in [-0.2, 0) is 18.4 Å². The molecule has 47 heavy (non-hydrogen) atoms. The molecule has 9 heteroatoms. The SMILES string of the molecule is CCCCCCCCCCCCCCC[C@@H](O)[C@H](COP(=O)(O)OCC[N+](C)(C)C)NC(=O)CCCCCCCCCCCCCC. The van der Waals surface area contributed by atoms with E-state index in [2.05, 4.69) is 19.2 Å². The van der Waals surface area contributed by atoms with Crippen molar-refractivity contribution in [2.75, 3.05) is 40.9 Å². The number of aliphatic hydroxyl groups excluding tert-OH is 1. The Morgan fingerprint density at radius 3 is 1.43 bits per heavy atom. The predicted molar refractivity (Wildman–Crippen MR) is 199 cm³/mol. The van der Waals surface area contributed by atoms with E-state index in [1.165, 1.54) is 122 Å². The zero-order valence-electron chi connectivity index (χ0n) is 31.8. The number of aliphatic hydroxyl groups is 1. The van der Waals surface area contributed by atoms with Gasteiger partial charge in [0.2, 0.25) is 5.91 Å². The van der Waals surface area contributed by atoms with Crippen molar-refractivity contribution >= 4 is 13.7 Å². The number of phosphoric ester groups is 1. The maximum absolute atomic E-state index is 12.8. The van der Waals surface area contributed by atoms with Crippen molar-refractivity contribution in [3.8, 4) is 0 Å². The van der Waals surface area contributed by atoms with E-state index >= 15 is 0 Å². The molecule has 0 aliphatic carbocycles. The minimum atomic E-state index is -4.30.